The Kier molecular flexibility index (Phi) is 9.70. The molecule has 0 N–H and O–H groups in total. The lowest BCUT2D eigenvalue weighted by Gasteiger charge is -2.34. The second-order valence-corrected chi connectivity index (χ2v) is 10.8. The van der Waals surface area contributed by atoms with E-state index >= 15 is 0 Å². The zero-order valence-electron chi connectivity index (χ0n) is 25.9. The van der Waals surface area contributed by atoms with E-state index in [-0.39, 0.29) is 24.0 Å². The topological polar surface area (TPSA) is 118 Å². The zero-order chi connectivity index (χ0) is 31.9. The van der Waals surface area contributed by atoms with Crippen molar-refractivity contribution in [2.24, 2.45) is 0 Å². The zero-order valence-corrected chi connectivity index (χ0v) is 25.9. The fourth-order valence-electron chi connectivity index (χ4n) is 5.28. The molecular weight excluding hydrogens is 570 g/mol. The number of aromatic nitrogens is 2. The van der Waals surface area contributed by atoms with Gasteiger partial charge in [0.2, 0.25) is 11.8 Å². The highest BCUT2D eigenvalue weighted by Crippen LogP contribution is 2.35. The maximum absolute atomic E-state index is 12.8. The lowest BCUT2D eigenvalue weighted by atomic mass is 9.99. The minimum atomic E-state index is -0.549. The van der Waals surface area contributed by atoms with E-state index in [1.807, 2.05) is 50.2 Å². The van der Waals surface area contributed by atoms with Crippen molar-refractivity contribution >= 4 is 17.9 Å². The minimum Gasteiger partial charge on any atom is -0.465 e. The normalized spacial score (nSPS) is 13.2. The molecule has 1 aliphatic rings. The largest absolute Gasteiger partial charge is 0.465 e. The number of hydrogen-bond donors (Lipinski definition) is 0. The third kappa shape index (κ3) is 7.28. The SMILES string of the molecule is CCOC(=O)c1cnc(N2CCN(Cc3ccc(C(=O)OC)cc3)CC2)nc1Oc1c(C)cc(-c2ccc(C#N)cc2)cc1C. The number of benzene rings is 3. The van der Waals surface area contributed by atoms with Crippen molar-refractivity contribution in [3.63, 3.8) is 0 Å². The van der Waals surface area contributed by atoms with Gasteiger partial charge in [-0.2, -0.15) is 10.2 Å². The van der Waals surface area contributed by atoms with Gasteiger partial charge in [-0.25, -0.2) is 14.6 Å². The number of carbonyl (C=O) groups is 2. The van der Waals surface area contributed by atoms with Crippen LogP contribution in [0.1, 0.15) is 49.9 Å². The summed E-state index contributed by atoms with van der Waals surface area (Å²) in [4.78, 5) is 38.2. The van der Waals surface area contributed by atoms with Crippen LogP contribution in [-0.2, 0) is 16.0 Å². The monoisotopic (exact) mass is 605 g/mol. The number of hydrogen-bond acceptors (Lipinski definition) is 10. The summed E-state index contributed by atoms with van der Waals surface area (Å²) in [6, 6.07) is 21.0. The van der Waals surface area contributed by atoms with Crippen LogP contribution < -0.4 is 9.64 Å². The number of aryl methyl sites for hydroxylation is 2. The number of ether oxygens (including phenoxy) is 3. The molecular formula is C35H35N5O5. The number of piperazine rings is 1. The molecule has 4 aromatic rings. The van der Waals surface area contributed by atoms with E-state index in [1.165, 1.54) is 13.3 Å². The van der Waals surface area contributed by atoms with Crippen LogP contribution in [0.5, 0.6) is 11.6 Å². The van der Waals surface area contributed by atoms with Crippen molar-refractivity contribution in [3.8, 4) is 28.8 Å². The first kappa shape index (κ1) is 31.2. The molecule has 1 aliphatic heterocycles. The molecule has 1 aromatic heterocycles. The van der Waals surface area contributed by atoms with Gasteiger partial charge in [0.15, 0.2) is 0 Å². The summed E-state index contributed by atoms with van der Waals surface area (Å²) in [7, 11) is 1.37. The van der Waals surface area contributed by atoms with Crippen LogP contribution in [0.2, 0.25) is 0 Å². The highest BCUT2D eigenvalue weighted by Gasteiger charge is 2.24. The summed E-state index contributed by atoms with van der Waals surface area (Å²) in [5.74, 6) is 0.323. The fraction of sp³-hybridized carbons (Fsp3) is 0.286. The number of nitriles is 1. The maximum atomic E-state index is 12.8. The van der Waals surface area contributed by atoms with Gasteiger partial charge in [-0.3, -0.25) is 4.90 Å². The van der Waals surface area contributed by atoms with Gasteiger partial charge in [0.1, 0.15) is 11.3 Å². The second kappa shape index (κ2) is 14.0. The van der Waals surface area contributed by atoms with Gasteiger partial charge >= 0.3 is 11.9 Å². The second-order valence-electron chi connectivity index (χ2n) is 10.8. The molecule has 3 aromatic carbocycles. The summed E-state index contributed by atoms with van der Waals surface area (Å²) in [6.07, 6.45) is 1.47. The van der Waals surface area contributed by atoms with Crippen molar-refractivity contribution in [3.05, 3.63) is 100 Å². The first-order chi connectivity index (χ1) is 21.8. The Hall–Kier alpha value is -5.27. The van der Waals surface area contributed by atoms with Gasteiger partial charge in [-0.15, -0.1) is 0 Å². The Morgan fingerprint density at radius 3 is 2.18 bits per heavy atom. The Balaban J connectivity index is 1.33. The van der Waals surface area contributed by atoms with Gasteiger partial charge in [0.25, 0.3) is 0 Å². The van der Waals surface area contributed by atoms with Crippen LogP contribution in [0, 0.1) is 25.2 Å². The standard InChI is InChI=1S/C35H35N5O5/c1-5-44-34(42)30-21-37-35(40-16-14-39(15-17-40)22-26-8-12-28(13-9-26)33(41)43-4)38-32(30)45-31-23(2)18-29(19-24(31)3)27-10-6-25(20-36)7-11-27/h6-13,18-19,21H,5,14-17,22H2,1-4H3. The molecule has 0 amide bonds. The maximum Gasteiger partial charge on any atom is 0.345 e. The molecule has 10 nitrogen and oxygen atoms in total. The third-order valence-electron chi connectivity index (χ3n) is 7.68. The van der Waals surface area contributed by atoms with Crippen LogP contribution in [0.25, 0.3) is 11.1 Å². The van der Waals surface area contributed by atoms with E-state index < -0.39 is 5.97 Å². The number of carbonyl (C=O) groups excluding carboxylic acids is 2. The van der Waals surface area contributed by atoms with Crippen molar-refractivity contribution in [2.75, 3.05) is 44.8 Å². The molecule has 230 valence electrons. The average Bonchev–Trinajstić information content (AvgIpc) is 3.06. The molecule has 0 aliphatic carbocycles. The van der Waals surface area contributed by atoms with Crippen LogP contribution >= 0.6 is 0 Å². The molecule has 45 heavy (non-hydrogen) atoms. The van der Waals surface area contributed by atoms with E-state index in [1.54, 1.807) is 31.2 Å². The van der Waals surface area contributed by atoms with Gasteiger partial charge in [0.05, 0.1) is 37.1 Å². The molecule has 2 heterocycles. The number of rotatable bonds is 9. The minimum absolute atomic E-state index is 0.142. The summed E-state index contributed by atoms with van der Waals surface area (Å²) in [5.41, 5.74) is 6.12. The smallest absolute Gasteiger partial charge is 0.345 e. The molecule has 0 radical (unpaired) electrons. The Labute approximate surface area is 262 Å². The van der Waals surface area contributed by atoms with Crippen LogP contribution in [0.4, 0.5) is 5.95 Å². The predicted molar refractivity (Wildman–Crippen MR) is 169 cm³/mol. The molecule has 1 fully saturated rings. The first-order valence-electron chi connectivity index (χ1n) is 14.8. The number of methoxy groups -OCH3 is 1. The molecule has 1 saturated heterocycles. The van der Waals surface area contributed by atoms with Crippen molar-refractivity contribution in [1.82, 2.24) is 14.9 Å². The van der Waals surface area contributed by atoms with Crippen molar-refractivity contribution in [2.45, 2.75) is 27.3 Å². The number of esters is 2. The van der Waals surface area contributed by atoms with Gasteiger partial charge < -0.3 is 19.1 Å². The first-order valence-corrected chi connectivity index (χ1v) is 14.8. The number of nitrogens with zero attached hydrogens (tertiary/aromatic N) is 5. The summed E-state index contributed by atoms with van der Waals surface area (Å²) >= 11 is 0. The summed E-state index contributed by atoms with van der Waals surface area (Å²) < 4.78 is 16.4. The van der Waals surface area contributed by atoms with Gasteiger partial charge in [-0.1, -0.05) is 24.3 Å². The molecule has 0 bridgehead atoms. The lowest BCUT2D eigenvalue weighted by molar-refractivity contribution is 0.0521. The van der Waals surface area contributed by atoms with Gasteiger partial charge in [0, 0.05) is 32.7 Å². The van der Waals surface area contributed by atoms with E-state index in [2.05, 4.69) is 20.9 Å². The third-order valence-corrected chi connectivity index (χ3v) is 7.68. The van der Waals surface area contributed by atoms with Crippen molar-refractivity contribution in [1.29, 1.82) is 5.26 Å². The van der Waals surface area contributed by atoms with E-state index in [9.17, 15) is 9.59 Å². The molecule has 0 saturated carbocycles. The Bertz CT molecular complexity index is 1700. The van der Waals surface area contributed by atoms with Crippen LogP contribution in [0.3, 0.4) is 0 Å². The Morgan fingerprint density at radius 1 is 0.911 bits per heavy atom. The van der Waals surface area contributed by atoms with E-state index in [0.717, 1.165) is 47.5 Å². The molecule has 0 unspecified atom stereocenters. The summed E-state index contributed by atoms with van der Waals surface area (Å²) in [5, 5.41) is 9.13. The molecule has 10 heteroatoms. The quantitative estimate of drug-likeness (QED) is 0.220. The summed E-state index contributed by atoms with van der Waals surface area (Å²) in [6.45, 7) is 9.56. The average molecular weight is 606 g/mol. The predicted octanol–water partition coefficient (Wildman–Crippen LogP) is 5.71. The van der Waals surface area contributed by atoms with E-state index in [4.69, 9.17) is 24.5 Å². The highest BCUT2D eigenvalue weighted by atomic mass is 16.5. The lowest BCUT2D eigenvalue weighted by Crippen LogP contribution is -2.46. The van der Waals surface area contributed by atoms with Gasteiger partial charge in [-0.05, 0) is 85.0 Å². The highest BCUT2D eigenvalue weighted by molar-refractivity contribution is 5.92. The molecule has 0 atom stereocenters. The van der Waals surface area contributed by atoms with Crippen LogP contribution in [0.15, 0.2) is 66.9 Å². The fourth-order valence-corrected chi connectivity index (χ4v) is 5.28. The van der Waals surface area contributed by atoms with E-state index in [0.29, 0.717) is 35.9 Å². The van der Waals surface area contributed by atoms with Crippen LogP contribution in [-0.4, -0.2) is 66.7 Å². The number of anilines is 1. The van der Waals surface area contributed by atoms with Crippen molar-refractivity contribution < 1.29 is 23.8 Å². The Morgan fingerprint density at radius 2 is 1.58 bits per heavy atom. The molecule has 5 rings (SSSR count). The molecule has 0 spiro atoms.